The highest BCUT2D eigenvalue weighted by Gasteiger charge is 2.26. The summed E-state index contributed by atoms with van der Waals surface area (Å²) in [6.45, 7) is 6.07. The van der Waals surface area contributed by atoms with Crippen molar-refractivity contribution < 1.29 is 9.47 Å². The van der Waals surface area contributed by atoms with Gasteiger partial charge in [0.15, 0.2) is 0 Å². The van der Waals surface area contributed by atoms with Gasteiger partial charge < -0.3 is 14.8 Å². The maximum Gasteiger partial charge on any atom is 0.121 e. The lowest BCUT2D eigenvalue weighted by Gasteiger charge is -2.25. The molecule has 3 heteroatoms. The molecule has 0 radical (unpaired) electrons. The third-order valence-corrected chi connectivity index (χ3v) is 3.54. The highest BCUT2D eigenvalue weighted by Crippen LogP contribution is 2.29. The Balaban J connectivity index is 2.21. The van der Waals surface area contributed by atoms with E-state index < -0.39 is 0 Å². The lowest BCUT2D eigenvalue weighted by atomic mass is 9.97. The summed E-state index contributed by atoms with van der Waals surface area (Å²) >= 11 is 0. The van der Waals surface area contributed by atoms with Crippen molar-refractivity contribution in [2.75, 3.05) is 20.3 Å². The molecule has 100 valence electrons. The minimum atomic E-state index is 0.294. The number of benzene rings is 1. The molecule has 2 atom stereocenters. The number of likely N-dealkylation sites (N-methyl/N-ethyl adjacent to an activating group) is 1. The topological polar surface area (TPSA) is 30.5 Å². The summed E-state index contributed by atoms with van der Waals surface area (Å²) in [5.74, 6) is 0.946. The van der Waals surface area contributed by atoms with Gasteiger partial charge in [0.2, 0.25) is 0 Å². The van der Waals surface area contributed by atoms with Gasteiger partial charge in [0.1, 0.15) is 5.75 Å². The molecule has 18 heavy (non-hydrogen) atoms. The van der Waals surface area contributed by atoms with Gasteiger partial charge in [-0.05, 0) is 43.5 Å². The first-order chi connectivity index (χ1) is 8.76. The molecule has 1 aliphatic heterocycles. The van der Waals surface area contributed by atoms with Crippen molar-refractivity contribution in [1.82, 2.24) is 5.32 Å². The number of rotatable bonds is 5. The second kappa shape index (κ2) is 6.21. The van der Waals surface area contributed by atoms with Crippen LogP contribution in [0, 0.1) is 6.92 Å². The van der Waals surface area contributed by atoms with E-state index in [9.17, 15) is 0 Å². The van der Waals surface area contributed by atoms with Crippen LogP contribution in [0.4, 0.5) is 0 Å². The van der Waals surface area contributed by atoms with Crippen molar-refractivity contribution in [2.24, 2.45) is 0 Å². The van der Waals surface area contributed by atoms with E-state index in [1.165, 1.54) is 17.5 Å². The number of hydrogen-bond donors (Lipinski definition) is 1. The molecule has 0 amide bonds. The van der Waals surface area contributed by atoms with E-state index in [0.717, 1.165) is 25.3 Å². The van der Waals surface area contributed by atoms with Crippen LogP contribution in [-0.4, -0.2) is 26.4 Å². The molecule has 1 aromatic carbocycles. The summed E-state index contributed by atoms with van der Waals surface area (Å²) in [4.78, 5) is 0. The minimum Gasteiger partial charge on any atom is -0.496 e. The lowest BCUT2D eigenvalue weighted by molar-refractivity contribution is 0.0788. The van der Waals surface area contributed by atoms with Crippen molar-refractivity contribution in [3.63, 3.8) is 0 Å². The summed E-state index contributed by atoms with van der Waals surface area (Å²) in [6, 6.07) is 6.68. The van der Waals surface area contributed by atoms with Gasteiger partial charge in [-0.2, -0.15) is 0 Å². The summed E-state index contributed by atoms with van der Waals surface area (Å²) < 4.78 is 11.1. The molecule has 3 nitrogen and oxygen atoms in total. The first kappa shape index (κ1) is 13.4. The third-order valence-electron chi connectivity index (χ3n) is 3.54. The van der Waals surface area contributed by atoms with Gasteiger partial charge in [0, 0.05) is 6.61 Å². The van der Waals surface area contributed by atoms with Gasteiger partial charge in [-0.25, -0.2) is 0 Å². The minimum absolute atomic E-state index is 0.294. The highest BCUT2D eigenvalue weighted by molar-refractivity contribution is 5.37. The quantitative estimate of drug-likeness (QED) is 0.870. The Labute approximate surface area is 109 Å². The summed E-state index contributed by atoms with van der Waals surface area (Å²) in [5, 5.41) is 3.54. The molecule has 1 N–H and O–H groups in total. The van der Waals surface area contributed by atoms with Crippen LogP contribution < -0.4 is 10.1 Å². The fourth-order valence-electron chi connectivity index (χ4n) is 2.64. The Bertz CT molecular complexity index is 386. The van der Waals surface area contributed by atoms with Crippen molar-refractivity contribution in [3.05, 3.63) is 29.3 Å². The molecule has 1 heterocycles. The Hall–Kier alpha value is -1.06. The normalized spacial score (nSPS) is 20.9. The average molecular weight is 249 g/mol. The SMILES string of the molecule is CCNC(c1ccc(OC)c(C)c1)C1CCCO1. The molecule has 2 unspecified atom stereocenters. The first-order valence-electron chi connectivity index (χ1n) is 6.75. The zero-order valence-electron chi connectivity index (χ0n) is 11.5. The maximum absolute atomic E-state index is 5.82. The Morgan fingerprint density at radius 2 is 2.33 bits per heavy atom. The largest absolute Gasteiger partial charge is 0.496 e. The molecular formula is C15H23NO2. The number of aryl methyl sites for hydroxylation is 1. The van der Waals surface area contributed by atoms with Crippen molar-refractivity contribution in [1.29, 1.82) is 0 Å². The fourth-order valence-corrected chi connectivity index (χ4v) is 2.64. The predicted molar refractivity (Wildman–Crippen MR) is 73.1 cm³/mol. The van der Waals surface area contributed by atoms with Gasteiger partial charge in [0.05, 0.1) is 19.3 Å². The first-order valence-corrected chi connectivity index (χ1v) is 6.75. The monoisotopic (exact) mass is 249 g/mol. The molecule has 0 saturated carbocycles. The zero-order valence-corrected chi connectivity index (χ0v) is 11.5. The van der Waals surface area contributed by atoms with E-state index in [1.54, 1.807) is 7.11 Å². The molecule has 0 aliphatic carbocycles. The number of nitrogens with one attached hydrogen (secondary N) is 1. The zero-order chi connectivity index (χ0) is 13.0. The van der Waals surface area contributed by atoms with Gasteiger partial charge in [0.25, 0.3) is 0 Å². The van der Waals surface area contributed by atoms with Gasteiger partial charge >= 0.3 is 0 Å². The molecular weight excluding hydrogens is 226 g/mol. The van der Waals surface area contributed by atoms with Gasteiger partial charge in [-0.3, -0.25) is 0 Å². The van der Waals surface area contributed by atoms with Crippen molar-refractivity contribution in [3.8, 4) is 5.75 Å². The van der Waals surface area contributed by atoms with Crippen LogP contribution in [0.3, 0.4) is 0 Å². The Kier molecular flexibility index (Phi) is 4.61. The van der Waals surface area contributed by atoms with Crippen LogP contribution in [0.5, 0.6) is 5.75 Å². The van der Waals surface area contributed by atoms with Crippen LogP contribution in [0.25, 0.3) is 0 Å². The molecule has 1 aromatic rings. The van der Waals surface area contributed by atoms with Gasteiger partial charge in [-0.1, -0.05) is 19.1 Å². The highest BCUT2D eigenvalue weighted by atomic mass is 16.5. The molecule has 1 fully saturated rings. The van der Waals surface area contributed by atoms with Crippen molar-refractivity contribution in [2.45, 2.75) is 38.8 Å². The molecule has 0 spiro atoms. The summed E-state index contributed by atoms with van der Waals surface area (Å²) in [5.41, 5.74) is 2.47. The van der Waals surface area contributed by atoms with E-state index in [2.05, 4.69) is 31.3 Å². The standard InChI is InChI=1S/C15H23NO2/c1-4-16-15(14-6-5-9-18-14)12-7-8-13(17-3)11(2)10-12/h7-8,10,14-16H,4-6,9H2,1-3H3. The molecule has 0 bridgehead atoms. The van der Waals surface area contributed by atoms with Crippen LogP contribution in [0.15, 0.2) is 18.2 Å². The molecule has 1 aliphatic rings. The third kappa shape index (κ3) is 2.85. The Morgan fingerprint density at radius 3 is 2.89 bits per heavy atom. The number of ether oxygens (including phenoxy) is 2. The van der Waals surface area contributed by atoms with Crippen LogP contribution in [-0.2, 0) is 4.74 Å². The van der Waals surface area contributed by atoms with Crippen LogP contribution in [0.1, 0.15) is 36.9 Å². The van der Waals surface area contributed by atoms with E-state index in [1.807, 2.05) is 6.07 Å². The van der Waals surface area contributed by atoms with Crippen LogP contribution >= 0.6 is 0 Å². The summed E-state index contributed by atoms with van der Waals surface area (Å²) in [7, 11) is 1.71. The molecule has 0 aromatic heterocycles. The van der Waals surface area contributed by atoms with E-state index in [4.69, 9.17) is 9.47 Å². The number of methoxy groups -OCH3 is 1. The lowest BCUT2D eigenvalue weighted by Crippen LogP contribution is -2.31. The second-order valence-electron chi connectivity index (χ2n) is 4.82. The Morgan fingerprint density at radius 1 is 1.50 bits per heavy atom. The van der Waals surface area contributed by atoms with E-state index in [-0.39, 0.29) is 0 Å². The van der Waals surface area contributed by atoms with E-state index >= 15 is 0 Å². The predicted octanol–water partition coefficient (Wildman–Crippen LogP) is 2.83. The maximum atomic E-state index is 5.82. The van der Waals surface area contributed by atoms with Gasteiger partial charge in [-0.15, -0.1) is 0 Å². The van der Waals surface area contributed by atoms with Crippen LogP contribution in [0.2, 0.25) is 0 Å². The fraction of sp³-hybridized carbons (Fsp3) is 0.600. The summed E-state index contributed by atoms with van der Waals surface area (Å²) in [6.07, 6.45) is 2.61. The van der Waals surface area contributed by atoms with E-state index in [0.29, 0.717) is 12.1 Å². The number of hydrogen-bond acceptors (Lipinski definition) is 3. The smallest absolute Gasteiger partial charge is 0.121 e. The average Bonchev–Trinajstić information content (AvgIpc) is 2.89. The second-order valence-corrected chi connectivity index (χ2v) is 4.82. The van der Waals surface area contributed by atoms with Crippen molar-refractivity contribution >= 4 is 0 Å². The molecule has 2 rings (SSSR count). The molecule has 1 saturated heterocycles.